The van der Waals surface area contributed by atoms with E-state index in [0.717, 1.165) is 10.0 Å². The summed E-state index contributed by atoms with van der Waals surface area (Å²) in [5, 5.41) is 3.02. The van der Waals surface area contributed by atoms with E-state index in [-0.39, 0.29) is 16.2 Å². The quantitative estimate of drug-likeness (QED) is 0.820. The number of aromatic nitrogens is 2. The van der Waals surface area contributed by atoms with Gasteiger partial charge in [-0.05, 0) is 46.6 Å². The minimum Gasteiger partial charge on any atom is -0.306 e. The van der Waals surface area contributed by atoms with E-state index < -0.39 is 0 Å². The van der Waals surface area contributed by atoms with Crippen LogP contribution >= 0.6 is 39.1 Å². The number of hydrogen-bond acceptors (Lipinski definition) is 3. The van der Waals surface area contributed by atoms with Gasteiger partial charge in [-0.3, -0.25) is 4.79 Å². The van der Waals surface area contributed by atoms with Crippen molar-refractivity contribution in [1.29, 1.82) is 0 Å². The third kappa shape index (κ3) is 3.65. The molecule has 2 aromatic heterocycles. The predicted molar refractivity (Wildman–Crippen MR) is 78.9 cm³/mol. The van der Waals surface area contributed by atoms with Crippen molar-refractivity contribution in [1.82, 2.24) is 9.97 Å². The van der Waals surface area contributed by atoms with Gasteiger partial charge in [0.1, 0.15) is 16.1 Å². The van der Waals surface area contributed by atoms with Crippen molar-refractivity contribution in [2.75, 3.05) is 5.32 Å². The van der Waals surface area contributed by atoms with Crippen molar-refractivity contribution in [3.63, 3.8) is 0 Å². The van der Waals surface area contributed by atoms with E-state index in [4.69, 9.17) is 23.2 Å². The Kier molecular flexibility index (Phi) is 4.39. The Bertz CT molecular complexity index is 629. The lowest BCUT2D eigenvalue weighted by Gasteiger charge is -2.08. The molecule has 0 saturated carbocycles. The third-order valence-corrected chi connectivity index (χ3v) is 3.12. The molecule has 0 atom stereocenters. The number of nitrogens with one attached hydrogen (secondary N) is 1. The molecule has 0 unspecified atom stereocenters. The van der Waals surface area contributed by atoms with Crippen LogP contribution in [0.1, 0.15) is 15.9 Å². The number of carbonyl (C=O) groups is 1. The first-order valence-electron chi connectivity index (χ1n) is 5.22. The van der Waals surface area contributed by atoms with Crippen LogP contribution < -0.4 is 5.32 Å². The van der Waals surface area contributed by atoms with Gasteiger partial charge in [-0.1, -0.05) is 23.2 Å². The monoisotopic (exact) mass is 359 g/mol. The average Bonchev–Trinajstić information content (AvgIpc) is 2.31. The van der Waals surface area contributed by atoms with Gasteiger partial charge >= 0.3 is 0 Å². The molecule has 2 heterocycles. The molecule has 0 aliphatic heterocycles. The lowest BCUT2D eigenvalue weighted by Crippen LogP contribution is -2.14. The van der Waals surface area contributed by atoms with Crippen molar-refractivity contribution < 1.29 is 4.79 Å². The number of nitrogens with zero attached hydrogens (tertiary/aromatic N) is 2. The van der Waals surface area contributed by atoms with Crippen LogP contribution in [0.5, 0.6) is 0 Å². The Morgan fingerprint density at radius 1 is 1.26 bits per heavy atom. The molecule has 2 aromatic rings. The second-order valence-corrected chi connectivity index (χ2v) is 5.46. The topological polar surface area (TPSA) is 54.9 Å². The summed E-state index contributed by atoms with van der Waals surface area (Å²) < 4.78 is 0.845. The molecule has 0 radical (unpaired) electrons. The second-order valence-electron chi connectivity index (χ2n) is 3.77. The fraction of sp³-hybridized carbons (Fsp3) is 0.0833. The number of amides is 1. The first-order valence-corrected chi connectivity index (χ1v) is 6.77. The van der Waals surface area contributed by atoms with Crippen molar-refractivity contribution in [3.05, 3.63) is 50.3 Å². The lowest BCUT2D eigenvalue weighted by atomic mass is 10.2. The summed E-state index contributed by atoms with van der Waals surface area (Å²) in [6.45, 7) is 1.85. The van der Waals surface area contributed by atoms with Gasteiger partial charge in [-0.2, -0.15) is 0 Å². The van der Waals surface area contributed by atoms with Gasteiger partial charge in [0, 0.05) is 16.2 Å². The number of carbonyl (C=O) groups excluding carboxylic acids is 1. The number of pyridine rings is 2. The first kappa shape index (κ1) is 14.2. The molecule has 0 spiro atoms. The summed E-state index contributed by atoms with van der Waals surface area (Å²) in [5.41, 5.74) is 1.17. The van der Waals surface area contributed by atoms with Crippen LogP contribution in [0.15, 0.2) is 28.9 Å². The van der Waals surface area contributed by atoms with Gasteiger partial charge < -0.3 is 5.32 Å². The normalized spacial score (nSPS) is 10.3. The molecule has 0 aliphatic carbocycles. The van der Waals surface area contributed by atoms with Crippen LogP contribution in [0.3, 0.4) is 0 Å². The Hall–Kier alpha value is -1.17. The largest absolute Gasteiger partial charge is 0.306 e. The van der Waals surface area contributed by atoms with E-state index in [1.54, 1.807) is 6.20 Å². The Labute approximate surface area is 128 Å². The molecule has 0 aliphatic rings. The second kappa shape index (κ2) is 5.86. The van der Waals surface area contributed by atoms with Crippen molar-refractivity contribution in [3.8, 4) is 0 Å². The van der Waals surface area contributed by atoms with Crippen LogP contribution in [-0.4, -0.2) is 15.9 Å². The van der Waals surface area contributed by atoms with Gasteiger partial charge in [0.2, 0.25) is 0 Å². The Morgan fingerprint density at radius 3 is 2.47 bits per heavy atom. The molecule has 0 bridgehead atoms. The summed E-state index contributed by atoms with van der Waals surface area (Å²) in [7, 11) is 0. The molecular formula is C12H8BrCl2N3O. The predicted octanol–water partition coefficient (Wildman–Crippen LogP) is 4.11. The highest BCUT2D eigenvalue weighted by Crippen LogP contribution is 2.19. The van der Waals surface area contributed by atoms with Gasteiger partial charge in [0.25, 0.3) is 5.91 Å². The van der Waals surface area contributed by atoms with E-state index in [9.17, 15) is 4.79 Å². The van der Waals surface area contributed by atoms with E-state index in [2.05, 4.69) is 31.2 Å². The average molecular weight is 361 g/mol. The van der Waals surface area contributed by atoms with Crippen molar-refractivity contribution in [2.45, 2.75) is 6.92 Å². The molecule has 1 N–H and O–H groups in total. The maximum atomic E-state index is 12.0. The van der Waals surface area contributed by atoms with E-state index in [1.165, 1.54) is 12.1 Å². The summed E-state index contributed by atoms with van der Waals surface area (Å²) in [4.78, 5) is 20.0. The molecule has 1 amide bonds. The zero-order valence-corrected chi connectivity index (χ0v) is 12.8. The van der Waals surface area contributed by atoms with Crippen LogP contribution in [0.4, 0.5) is 5.82 Å². The number of anilines is 1. The summed E-state index contributed by atoms with van der Waals surface area (Å²) in [6.07, 6.45) is 1.61. The highest BCUT2D eigenvalue weighted by molar-refractivity contribution is 9.10. The standard InChI is InChI=1S/C12H8BrCl2N3O/c1-6-2-8(13)5-16-11(6)18-12(19)7-3-9(14)17-10(15)4-7/h2-5H,1H3,(H,16,18,19). The van der Waals surface area contributed by atoms with E-state index >= 15 is 0 Å². The molecule has 2 rings (SSSR count). The van der Waals surface area contributed by atoms with Crippen LogP contribution in [0.2, 0.25) is 10.3 Å². The molecule has 19 heavy (non-hydrogen) atoms. The maximum absolute atomic E-state index is 12.0. The molecule has 0 saturated heterocycles. The molecule has 98 valence electrons. The number of aryl methyl sites for hydroxylation is 1. The van der Waals surface area contributed by atoms with E-state index in [0.29, 0.717) is 11.4 Å². The minimum absolute atomic E-state index is 0.165. The zero-order chi connectivity index (χ0) is 14.0. The van der Waals surface area contributed by atoms with Crippen molar-refractivity contribution in [2.24, 2.45) is 0 Å². The molecular weight excluding hydrogens is 353 g/mol. The summed E-state index contributed by atoms with van der Waals surface area (Å²) in [6, 6.07) is 4.74. The molecule has 4 nitrogen and oxygen atoms in total. The number of halogens is 3. The highest BCUT2D eigenvalue weighted by Gasteiger charge is 2.11. The lowest BCUT2D eigenvalue weighted by molar-refractivity contribution is 0.102. The Balaban J connectivity index is 2.25. The third-order valence-electron chi connectivity index (χ3n) is 2.30. The number of rotatable bonds is 2. The molecule has 0 aromatic carbocycles. The van der Waals surface area contributed by atoms with Crippen molar-refractivity contribution >= 4 is 50.9 Å². The number of hydrogen-bond donors (Lipinski definition) is 1. The summed E-state index contributed by atoms with van der Waals surface area (Å²) >= 11 is 14.8. The highest BCUT2D eigenvalue weighted by atomic mass is 79.9. The zero-order valence-electron chi connectivity index (χ0n) is 9.75. The van der Waals surface area contributed by atoms with Gasteiger partial charge in [-0.15, -0.1) is 0 Å². The smallest absolute Gasteiger partial charge is 0.257 e. The van der Waals surface area contributed by atoms with Gasteiger partial charge in [0.05, 0.1) is 0 Å². The Morgan fingerprint density at radius 2 is 1.89 bits per heavy atom. The van der Waals surface area contributed by atoms with Crippen LogP contribution in [0.25, 0.3) is 0 Å². The van der Waals surface area contributed by atoms with Crippen LogP contribution in [0, 0.1) is 6.92 Å². The fourth-order valence-electron chi connectivity index (χ4n) is 1.45. The first-order chi connectivity index (χ1) is 8.95. The SMILES string of the molecule is Cc1cc(Br)cnc1NC(=O)c1cc(Cl)nc(Cl)c1. The molecule has 7 heteroatoms. The maximum Gasteiger partial charge on any atom is 0.257 e. The molecule has 0 fully saturated rings. The van der Waals surface area contributed by atoms with Crippen LogP contribution in [-0.2, 0) is 0 Å². The van der Waals surface area contributed by atoms with Gasteiger partial charge in [0.15, 0.2) is 0 Å². The van der Waals surface area contributed by atoms with E-state index in [1.807, 2.05) is 13.0 Å². The fourth-order valence-corrected chi connectivity index (χ4v) is 2.35. The van der Waals surface area contributed by atoms with Gasteiger partial charge in [-0.25, -0.2) is 9.97 Å². The minimum atomic E-state index is -0.343. The summed E-state index contributed by atoms with van der Waals surface area (Å²) in [5.74, 6) is 0.140.